The average molecular weight is 475 g/mol. The molecule has 4 nitrogen and oxygen atoms in total. The Morgan fingerprint density at radius 3 is 2.15 bits per heavy atom. The number of allylic oxidation sites excluding steroid dienone is 1. The molecule has 0 radical (unpaired) electrons. The second-order valence-corrected chi connectivity index (χ2v) is 15.4. The molecule has 5 rings (SSSR count). The van der Waals surface area contributed by atoms with E-state index in [4.69, 9.17) is 9.16 Å². The molecule has 0 heterocycles. The van der Waals surface area contributed by atoms with Crippen LogP contribution in [0.2, 0.25) is 5.04 Å². The molecule has 3 aliphatic rings. The fraction of sp³-hybridized carbons (Fsp3) is 0.448. The summed E-state index contributed by atoms with van der Waals surface area (Å²) in [6.45, 7) is 9.32. The van der Waals surface area contributed by atoms with E-state index in [1.807, 2.05) is 12.1 Å². The van der Waals surface area contributed by atoms with E-state index < -0.39 is 19.1 Å². The van der Waals surface area contributed by atoms with E-state index in [-0.39, 0.29) is 28.6 Å². The molecule has 5 heteroatoms. The molecule has 178 valence electrons. The van der Waals surface area contributed by atoms with Gasteiger partial charge in [0.2, 0.25) is 0 Å². The lowest BCUT2D eigenvalue weighted by molar-refractivity contribution is -0.153. The van der Waals surface area contributed by atoms with E-state index in [2.05, 4.69) is 81.5 Å². The minimum absolute atomic E-state index is 0.0187. The van der Waals surface area contributed by atoms with Crippen molar-refractivity contribution in [1.82, 2.24) is 0 Å². The molecular weight excluding hydrogens is 440 g/mol. The number of carbonyl (C=O) groups is 2. The number of ether oxygens (including phenoxy) is 1. The minimum Gasteiger partial charge on any atom is -0.465 e. The number of benzene rings is 2. The number of esters is 1. The number of rotatable bonds is 7. The van der Waals surface area contributed by atoms with E-state index in [9.17, 15) is 9.59 Å². The molecule has 2 aromatic rings. The van der Waals surface area contributed by atoms with Gasteiger partial charge in [-0.3, -0.25) is 9.59 Å². The summed E-state index contributed by atoms with van der Waals surface area (Å²) in [5, 5.41) is 2.30. The van der Waals surface area contributed by atoms with Crippen molar-refractivity contribution in [3.05, 3.63) is 72.8 Å². The Morgan fingerprint density at radius 1 is 1.03 bits per heavy atom. The number of Topliss-reactive ketones (excluding diaryl/α,β-unsaturated/α-hetero) is 1. The van der Waals surface area contributed by atoms with Gasteiger partial charge in [-0.05, 0) is 40.6 Å². The Kier molecular flexibility index (Phi) is 5.49. The Hall–Kier alpha value is -2.50. The van der Waals surface area contributed by atoms with Gasteiger partial charge in [0.15, 0.2) is 5.78 Å². The normalized spacial score (nSPS) is 29.6. The van der Waals surface area contributed by atoms with E-state index in [0.717, 1.165) is 6.42 Å². The zero-order valence-corrected chi connectivity index (χ0v) is 21.5. The summed E-state index contributed by atoms with van der Waals surface area (Å²) in [4.78, 5) is 26.4. The molecule has 0 aliphatic heterocycles. The SMILES string of the molecule is CCOC(=O)[C@@]12C(=O)C[C@@]3(CO[Si](c4ccccc4)(c4ccccc4)C(C)(C)C)C=CC[C@@H]1[C@H]32. The molecule has 2 fully saturated rings. The maximum absolute atomic E-state index is 13.4. The highest BCUT2D eigenvalue weighted by Crippen LogP contribution is 2.77. The van der Waals surface area contributed by atoms with Gasteiger partial charge >= 0.3 is 5.97 Å². The maximum Gasteiger partial charge on any atom is 0.320 e. The largest absolute Gasteiger partial charge is 0.465 e. The second-order valence-electron chi connectivity index (χ2n) is 11.1. The van der Waals surface area contributed by atoms with Crippen LogP contribution in [0.25, 0.3) is 0 Å². The van der Waals surface area contributed by atoms with Crippen molar-refractivity contribution in [2.24, 2.45) is 22.7 Å². The van der Waals surface area contributed by atoms with Crippen molar-refractivity contribution in [3.63, 3.8) is 0 Å². The third-order valence-electron chi connectivity index (χ3n) is 8.37. The standard InChI is InChI=1S/C29H34O4Si/c1-5-32-26(31)29-23-17-12-18-28(25(23)29,19-24(29)30)20-33-34(27(2,3)4,21-13-8-6-9-14-21)22-15-10-7-11-16-22/h6-16,18,23,25H,5,17,19-20H2,1-4H3/t23-,25-,28-,29-/m1/s1. The lowest BCUT2D eigenvalue weighted by Crippen LogP contribution is -2.67. The predicted octanol–water partition coefficient (Wildman–Crippen LogP) is 4.28. The summed E-state index contributed by atoms with van der Waals surface area (Å²) in [6.07, 6.45) is 5.44. The molecule has 3 aliphatic carbocycles. The number of ketones is 1. The molecule has 0 aromatic heterocycles. The van der Waals surface area contributed by atoms with Gasteiger partial charge < -0.3 is 9.16 Å². The summed E-state index contributed by atoms with van der Waals surface area (Å²) < 4.78 is 12.7. The number of fused-ring (bicyclic) bond motifs is 1. The number of hydrogen-bond donors (Lipinski definition) is 0. The van der Waals surface area contributed by atoms with Crippen LogP contribution in [-0.4, -0.2) is 33.3 Å². The van der Waals surface area contributed by atoms with E-state index >= 15 is 0 Å². The number of carbonyl (C=O) groups excluding carboxylic acids is 2. The molecule has 0 unspecified atom stereocenters. The summed E-state index contributed by atoms with van der Waals surface area (Å²) in [5.74, 6) is -0.266. The molecule has 0 spiro atoms. The Bertz CT molecular complexity index is 1080. The number of hydrogen-bond acceptors (Lipinski definition) is 4. The first-order chi connectivity index (χ1) is 16.2. The van der Waals surface area contributed by atoms with E-state index in [1.165, 1.54) is 10.4 Å². The Labute approximate surface area is 203 Å². The van der Waals surface area contributed by atoms with Gasteiger partial charge in [-0.1, -0.05) is 93.6 Å². The van der Waals surface area contributed by atoms with Crippen LogP contribution in [0.4, 0.5) is 0 Å². The van der Waals surface area contributed by atoms with Crippen LogP contribution >= 0.6 is 0 Å². The van der Waals surface area contributed by atoms with Gasteiger partial charge in [0.1, 0.15) is 5.41 Å². The summed E-state index contributed by atoms with van der Waals surface area (Å²) >= 11 is 0. The molecule has 0 amide bonds. The maximum atomic E-state index is 13.4. The van der Waals surface area contributed by atoms with Crippen LogP contribution in [0.5, 0.6) is 0 Å². The van der Waals surface area contributed by atoms with Crippen molar-refractivity contribution >= 4 is 30.4 Å². The first-order valence-electron chi connectivity index (χ1n) is 12.4. The highest BCUT2D eigenvalue weighted by Gasteiger charge is 2.84. The molecule has 0 bridgehead atoms. The van der Waals surface area contributed by atoms with Gasteiger partial charge in [-0.15, -0.1) is 0 Å². The molecule has 4 atom stereocenters. The van der Waals surface area contributed by atoms with Crippen LogP contribution in [0, 0.1) is 22.7 Å². The summed E-state index contributed by atoms with van der Waals surface area (Å²) in [6, 6.07) is 21.1. The van der Waals surface area contributed by atoms with Gasteiger partial charge in [0.05, 0.1) is 6.61 Å². The first kappa shape index (κ1) is 23.2. The Balaban J connectivity index is 1.57. The van der Waals surface area contributed by atoms with Gasteiger partial charge in [-0.25, -0.2) is 0 Å². The second kappa shape index (κ2) is 8.03. The molecule has 34 heavy (non-hydrogen) atoms. The zero-order valence-electron chi connectivity index (χ0n) is 20.5. The highest BCUT2D eigenvalue weighted by atomic mass is 28.4. The molecule has 2 saturated carbocycles. The van der Waals surface area contributed by atoms with Crippen molar-refractivity contribution in [2.45, 2.75) is 45.6 Å². The van der Waals surface area contributed by atoms with Crippen molar-refractivity contribution in [2.75, 3.05) is 13.2 Å². The fourth-order valence-corrected chi connectivity index (χ4v) is 11.7. The van der Waals surface area contributed by atoms with Gasteiger partial charge in [-0.2, -0.15) is 0 Å². The van der Waals surface area contributed by atoms with Crippen LogP contribution < -0.4 is 10.4 Å². The predicted molar refractivity (Wildman–Crippen MR) is 135 cm³/mol. The van der Waals surface area contributed by atoms with Crippen LogP contribution in [0.15, 0.2) is 72.8 Å². The lowest BCUT2D eigenvalue weighted by atomic mass is 9.77. The smallest absolute Gasteiger partial charge is 0.320 e. The van der Waals surface area contributed by atoms with Crippen LogP contribution in [0.1, 0.15) is 40.5 Å². The fourth-order valence-electron chi connectivity index (χ4n) is 7.02. The third kappa shape index (κ3) is 3.06. The first-order valence-corrected chi connectivity index (χ1v) is 14.3. The van der Waals surface area contributed by atoms with Crippen LogP contribution in [0.3, 0.4) is 0 Å². The van der Waals surface area contributed by atoms with Crippen molar-refractivity contribution < 1.29 is 18.8 Å². The highest BCUT2D eigenvalue weighted by molar-refractivity contribution is 6.99. The quantitative estimate of drug-likeness (QED) is 0.260. The van der Waals surface area contributed by atoms with Crippen molar-refractivity contribution in [3.8, 4) is 0 Å². The summed E-state index contributed by atoms with van der Waals surface area (Å²) in [5.41, 5.74) is -1.41. The van der Waals surface area contributed by atoms with Crippen LogP contribution in [-0.2, 0) is 18.8 Å². The third-order valence-corrected chi connectivity index (χ3v) is 13.3. The van der Waals surface area contributed by atoms with Gasteiger partial charge in [0, 0.05) is 18.4 Å². The lowest BCUT2D eigenvalue weighted by Gasteiger charge is -2.45. The Morgan fingerprint density at radius 2 is 1.62 bits per heavy atom. The summed E-state index contributed by atoms with van der Waals surface area (Å²) in [7, 11) is -2.74. The molecule has 2 aromatic carbocycles. The minimum atomic E-state index is -2.74. The molecular formula is C29H34O4Si. The zero-order chi connectivity index (χ0) is 24.2. The topological polar surface area (TPSA) is 52.6 Å². The van der Waals surface area contributed by atoms with Gasteiger partial charge in [0.25, 0.3) is 8.32 Å². The molecule has 0 saturated heterocycles. The van der Waals surface area contributed by atoms with E-state index in [0.29, 0.717) is 19.6 Å². The van der Waals surface area contributed by atoms with Crippen molar-refractivity contribution in [1.29, 1.82) is 0 Å². The van der Waals surface area contributed by atoms with E-state index in [1.54, 1.807) is 6.92 Å². The molecule has 0 N–H and O–H groups in total. The average Bonchev–Trinajstić information content (AvgIpc) is 3.44. The monoisotopic (exact) mass is 474 g/mol.